The smallest absolute Gasteiger partial charge is 0.462 e. The van der Waals surface area contributed by atoms with Crippen LogP contribution >= 0.6 is 7.82 Å². The second kappa shape index (κ2) is 35.8. The summed E-state index contributed by atoms with van der Waals surface area (Å²) in [7, 11) is 1.39. The Balaban J connectivity index is 4.54. The maximum Gasteiger partial charge on any atom is 0.472 e. The molecule has 0 aliphatic rings. The molecule has 0 amide bonds. The van der Waals surface area contributed by atoms with Gasteiger partial charge in [0.05, 0.1) is 27.7 Å². The lowest BCUT2D eigenvalue weighted by atomic mass is 10.1. The summed E-state index contributed by atoms with van der Waals surface area (Å²) in [6, 6.07) is 0. The molecular weight excluding hydrogens is 717 g/mol. The molecule has 2 atom stereocenters. The molecule has 0 radical (unpaired) electrons. The molecule has 0 aromatic heterocycles. The van der Waals surface area contributed by atoms with Crippen LogP contribution in [-0.2, 0) is 37.5 Å². The van der Waals surface area contributed by atoms with E-state index >= 15 is 0 Å². The van der Waals surface area contributed by atoms with E-state index in [1.165, 1.54) is 19.3 Å². The zero-order chi connectivity index (χ0) is 40.9. The van der Waals surface area contributed by atoms with E-state index in [-0.39, 0.29) is 31.8 Å². The van der Waals surface area contributed by atoms with Gasteiger partial charge >= 0.3 is 19.8 Å². The molecule has 1 N–H and O–H groups in total. The van der Waals surface area contributed by atoms with E-state index in [4.69, 9.17) is 18.5 Å². The van der Waals surface area contributed by atoms with Gasteiger partial charge in [-0.1, -0.05) is 113 Å². The van der Waals surface area contributed by atoms with Gasteiger partial charge in [0.15, 0.2) is 11.9 Å². The Morgan fingerprint density at radius 1 is 0.618 bits per heavy atom. The maximum atomic E-state index is 12.7. The molecule has 11 heteroatoms. The first-order valence-corrected chi connectivity index (χ1v) is 22.5. The summed E-state index contributed by atoms with van der Waals surface area (Å²) < 4.78 is 34.1. The van der Waals surface area contributed by atoms with Gasteiger partial charge < -0.3 is 18.9 Å². The minimum atomic E-state index is -4.40. The topological polar surface area (TPSA) is 125 Å². The summed E-state index contributed by atoms with van der Waals surface area (Å²) in [4.78, 5) is 47.0. The monoisotopic (exact) mass is 795 g/mol. The van der Waals surface area contributed by atoms with Gasteiger partial charge in [-0.25, -0.2) is 4.57 Å². The number of ketones is 1. The number of hydrogen-bond acceptors (Lipinski definition) is 8. The number of rotatable bonds is 37. The molecular formula is C44H77NO9P+. The minimum Gasteiger partial charge on any atom is -0.462 e. The fourth-order valence-electron chi connectivity index (χ4n) is 5.12. The molecule has 0 heterocycles. The van der Waals surface area contributed by atoms with Crippen molar-refractivity contribution in [2.24, 2.45) is 0 Å². The molecule has 10 nitrogen and oxygen atoms in total. The fourth-order valence-corrected chi connectivity index (χ4v) is 5.86. The number of unbranched alkanes of at least 4 members (excludes halogenated alkanes) is 12. The first-order chi connectivity index (χ1) is 26.4. The van der Waals surface area contributed by atoms with E-state index in [2.05, 4.69) is 56.4 Å². The van der Waals surface area contributed by atoms with Crippen LogP contribution in [0, 0.1) is 0 Å². The van der Waals surface area contributed by atoms with Gasteiger partial charge in [0, 0.05) is 19.3 Å². The summed E-state index contributed by atoms with van der Waals surface area (Å²) in [5.41, 5.74) is 0. The normalized spacial score (nSPS) is 14.1. The molecule has 0 spiro atoms. The number of carbonyl (C=O) groups excluding carboxylic acids is 3. The Labute approximate surface area is 334 Å². The summed E-state index contributed by atoms with van der Waals surface area (Å²) in [5, 5.41) is 0. The van der Waals surface area contributed by atoms with Crippen molar-refractivity contribution in [1.29, 1.82) is 0 Å². The standard InChI is InChI=1S/C44H76NO9P/c1-6-8-10-11-12-13-14-15-16-17-18-21-24-27-31-35-43(47)51-39-42(40-53-55(49,50)52-38-37-45(3,4)5)54-44(48)36-32-28-25-22-19-20-23-26-30-34-41(46)33-29-9-7-2/h12-13,15-16,18,21,23,26,30,34,42H,6-11,14,17,19-20,22,24-25,27-29,31-33,35-40H2,1-5H3/p+1/b13-12-,16-15-,21-18-,26-23-,34-30+/t42-/m1/s1. The van der Waals surface area contributed by atoms with Crippen molar-refractivity contribution in [3.63, 3.8) is 0 Å². The number of hydrogen-bond donors (Lipinski definition) is 1. The van der Waals surface area contributed by atoms with Gasteiger partial charge in [-0.05, 0) is 76.7 Å². The highest BCUT2D eigenvalue weighted by atomic mass is 31.2. The summed E-state index contributed by atoms with van der Waals surface area (Å²) in [5.74, 6) is -0.738. The molecule has 0 bridgehead atoms. The predicted octanol–water partition coefficient (Wildman–Crippen LogP) is 10.9. The molecule has 316 valence electrons. The van der Waals surface area contributed by atoms with E-state index in [1.807, 2.05) is 33.3 Å². The average Bonchev–Trinajstić information content (AvgIpc) is 3.12. The van der Waals surface area contributed by atoms with Crippen LogP contribution in [0.15, 0.2) is 60.8 Å². The number of carbonyl (C=O) groups is 3. The number of nitrogens with zero attached hydrogens (tertiary/aromatic N) is 1. The Morgan fingerprint density at radius 3 is 1.82 bits per heavy atom. The number of esters is 2. The van der Waals surface area contributed by atoms with Gasteiger partial charge in [-0.15, -0.1) is 0 Å². The number of quaternary nitrogens is 1. The fraction of sp³-hybridized carbons (Fsp3) is 0.705. The Bertz CT molecular complexity index is 1190. The number of phosphoric ester groups is 1. The van der Waals surface area contributed by atoms with Crippen LogP contribution in [0.5, 0.6) is 0 Å². The molecule has 1 unspecified atom stereocenters. The molecule has 55 heavy (non-hydrogen) atoms. The number of phosphoric acid groups is 1. The lowest BCUT2D eigenvalue weighted by molar-refractivity contribution is -0.870. The van der Waals surface area contributed by atoms with E-state index < -0.39 is 32.5 Å². The lowest BCUT2D eigenvalue weighted by Gasteiger charge is -2.24. The van der Waals surface area contributed by atoms with Crippen molar-refractivity contribution in [2.75, 3.05) is 47.5 Å². The Morgan fingerprint density at radius 2 is 1.15 bits per heavy atom. The van der Waals surface area contributed by atoms with Gasteiger partial charge in [0.2, 0.25) is 0 Å². The Kier molecular flexibility index (Phi) is 34.1. The molecule has 0 saturated carbocycles. The molecule has 0 aliphatic heterocycles. The van der Waals surface area contributed by atoms with Gasteiger partial charge in [-0.2, -0.15) is 0 Å². The molecule has 0 aliphatic carbocycles. The molecule has 0 fully saturated rings. The average molecular weight is 795 g/mol. The quantitative estimate of drug-likeness (QED) is 0.0124. The third-order valence-corrected chi connectivity index (χ3v) is 9.48. The van der Waals surface area contributed by atoms with Gasteiger partial charge in [0.1, 0.15) is 19.8 Å². The van der Waals surface area contributed by atoms with Crippen molar-refractivity contribution >= 4 is 25.5 Å². The van der Waals surface area contributed by atoms with Crippen LogP contribution in [0.2, 0.25) is 0 Å². The highest BCUT2D eigenvalue weighted by Gasteiger charge is 2.27. The van der Waals surface area contributed by atoms with Crippen LogP contribution in [0.25, 0.3) is 0 Å². The lowest BCUT2D eigenvalue weighted by Crippen LogP contribution is -2.37. The Hall–Kier alpha value is -2.62. The largest absolute Gasteiger partial charge is 0.472 e. The molecule has 0 rings (SSSR count). The van der Waals surface area contributed by atoms with Crippen LogP contribution in [-0.4, -0.2) is 80.7 Å². The summed E-state index contributed by atoms with van der Waals surface area (Å²) in [6.07, 6.45) is 38.2. The zero-order valence-corrected chi connectivity index (χ0v) is 36.0. The van der Waals surface area contributed by atoms with E-state index in [0.29, 0.717) is 30.3 Å². The van der Waals surface area contributed by atoms with Crippen LogP contribution in [0.1, 0.15) is 149 Å². The van der Waals surface area contributed by atoms with Crippen LogP contribution in [0.4, 0.5) is 0 Å². The number of allylic oxidation sites excluding steroid dienone is 10. The van der Waals surface area contributed by atoms with Crippen molar-refractivity contribution in [3.8, 4) is 0 Å². The molecule has 0 saturated heterocycles. The number of ether oxygens (including phenoxy) is 2. The predicted molar refractivity (Wildman–Crippen MR) is 224 cm³/mol. The van der Waals surface area contributed by atoms with E-state index in [9.17, 15) is 23.8 Å². The van der Waals surface area contributed by atoms with Crippen molar-refractivity contribution < 1.29 is 46.8 Å². The minimum absolute atomic E-state index is 0.00694. The van der Waals surface area contributed by atoms with Gasteiger partial charge in [0.25, 0.3) is 0 Å². The maximum absolute atomic E-state index is 12.7. The SMILES string of the molecule is CCCCC/C=C\C/C=C\C/C=C\CCCCC(=O)OC[C@H](COP(=O)(O)OCC[N+](C)(C)C)OC(=O)CCCCCCC/C=C\C=C\C(=O)CCCCC. The van der Waals surface area contributed by atoms with Crippen molar-refractivity contribution in [2.45, 2.75) is 155 Å². The first-order valence-electron chi connectivity index (χ1n) is 21.0. The van der Waals surface area contributed by atoms with Gasteiger partial charge in [-0.3, -0.25) is 23.4 Å². The second-order valence-corrected chi connectivity index (χ2v) is 16.5. The van der Waals surface area contributed by atoms with Crippen LogP contribution in [0.3, 0.4) is 0 Å². The zero-order valence-electron chi connectivity index (χ0n) is 35.1. The summed E-state index contributed by atoms with van der Waals surface area (Å²) >= 11 is 0. The van der Waals surface area contributed by atoms with Crippen molar-refractivity contribution in [1.82, 2.24) is 0 Å². The molecule has 0 aromatic rings. The van der Waals surface area contributed by atoms with E-state index in [1.54, 1.807) is 6.08 Å². The van der Waals surface area contributed by atoms with Crippen LogP contribution < -0.4 is 0 Å². The van der Waals surface area contributed by atoms with E-state index in [0.717, 1.165) is 83.5 Å². The number of likely N-dealkylation sites (N-methyl/N-ethyl adjacent to an activating group) is 1. The highest BCUT2D eigenvalue weighted by Crippen LogP contribution is 2.43. The third kappa shape index (κ3) is 39.4. The first kappa shape index (κ1) is 52.4. The van der Waals surface area contributed by atoms with Crippen molar-refractivity contribution in [3.05, 3.63) is 60.8 Å². The second-order valence-electron chi connectivity index (χ2n) is 15.1. The third-order valence-electron chi connectivity index (χ3n) is 8.50. The summed E-state index contributed by atoms with van der Waals surface area (Å²) in [6.45, 7) is 4.11. The molecule has 0 aromatic carbocycles. The highest BCUT2D eigenvalue weighted by molar-refractivity contribution is 7.47.